The molecule has 0 spiro atoms. The van der Waals surface area contributed by atoms with E-state index in [1.807, 2.05) is 6.92 Å². The maximum Gasteiger partial charge on any atom is 0.328 e. The monoisotopic (exact) mass is 410 g/mol. The summed E-state index contributed by atoms with van der Waals surface area (Å²) < 4.78 is 26.3. The van der Waals surface area contributed by atoms with Gasteiger partial charge in [-0.25, -0.2) is 17.9 Å². The molecule has 0 aromatic heterocycles. The van der Waals surface area contributed by atoms with Gasteiger partial charge in [-0.05, 0) is 25.5 Å². The van der Waals surface area contributed by atoms with Crippen LogP contribution in [0.1, 0.15) is 89.5 Å². The number of aryl methyl sites for hydroxylation is 1. The van der Waals surface area contributed by atoms with Gasteiger partial charge in [0.25, 0.3) is 10.0 Å². The number of urea groups is 1. The molecule has 0 atom stereocenters. The van der Waals surface area contributed by atoms with Crippen LogP contribution in [-0.2, 0) is 10.0 Å². The van der Waals surface area contributed by atoms with E-state index < -0.39 is 16.1 Å². The van der Waals surface area contributed by atoms with Crippen molar-refractivity contribution < 1.29 is 13.2 Å². The first-order valence-corrected chi connectivity index (χ1v) is 12.3. The second-order valence-corrected chi connectivity index (χ2v) is 9.25. The normalized spacial score (nSPS) is 11.4. The highest BCUT2D eigenvalue weighted by Gasteiger charge is 2.16. The Morgan fingerprint density at radius 1 is 0.786 bits per heavy atom. The Balaban J connectivity index is 2.01. The van der Waals surface area contributed by atoms with E-state index in [4.69, 9.17) is 0 Å². The highest BCUT2D eigenvalue weighted by molar-refractivity contribution is 7.90. The summed E-state index contributed by atoms with van der Waals surface area (Å²) in [5.41, 5.74) is 0.968. The number of rotatable bonds is 15. The second-order valence-electron chi connectivity index (χ2n) is 7.56. The summed E-state index contributed by atoms with van der Waals surface area (Å²) in [6.07, 6.45) is 15.1. The molecule has 2 amide bonds. The van der Waals surface area contributed by atoms with Gasteiger partial charge in [0, 0.05) is 6.54 Å². The van der Waals surface area contributed by atoms with Crippen molar-refractivity contribution in [1.29, 1.82) is 0 Å². The fourth-order valence-electron chi connectivity index (χ4n) is 3.10. The van der Waals surface area contributed by atoms with Gasteiger partial charge >= 0.3 is 6.03 Å². The van der Waals surface area contributed by atoms with Crippen LogP contribution in [0.5, 0.6) is 0 Å². The van der Waals surface area contributed by atoms with Crippen LogP contribution in [0.25, 0.3) is 0 Å². The maximum atomic E-state index is 12.1. The highest BCUT2D eigenvalue weighted by Crippen LogP contribution is 2.12. The van der Waals surface area contributed by atoms with Crippen molar-refractivity contribution in [3.8, 4) is 0 Å². The summed E-state index contributed by atoms with van der Waals surface area (Å²) >= 11 is 0. The molecule has 0 saturated heterocycles. The van der Waals surface area contributed by atoms with Crippen molar-refractivity contribution in [2.75, 3.05) is 6.54 Å². The van der Waals surface area contributed by atoms with Gasteiger partial charge in [0.15, 0.2) is 0 Å². The van der Waals surface area contributed by atoms with Gasteiger partial charge in [0.05, 0.1) is 4.90 Å². The number of carbonyl (C=O) groups is 1. The number of benzene rings is 1. The molecule has 0 bridgehead atoms. The van der Waals surface area contributed by atoms with Gasteiger partial charge in [0.2, 0.25) is 0 Å². The fraction of sp³-hybridized carbons (Fsp3) is 0.682. The average Bonchev–Trinajstić information content (AvgIpc) is 2.65. The third kappa shape index (κ3) is 11.3. The molecule has 5 nitrogen and oxygen atoms in total. The molecular weight excluding hydrogens is 372 g/mol. The fourth-order valence-corrected chi connectivity index (χ4v) is 4.03. The van der Waals surface area contributed by atoms with Crippen LogP contribution in [-0.4, -0.2) is 21.0 Å². The van der Waals surface area contributed by atoms with E-state index >= 15 is 0 Å². The van der Waals surface area contributed by atoms with Gasteiger partial charge in [-0.1, -0.05) is 95.2 Å². The standard InChI is InChI=1S/C22H38N2O3S/c1-3-4-5-6-7-8-9-10-11-12-13-14-19-23-22(25)24-28(26,27)21-17-15-20(2)16-18-21/h15-18H,3-14,19H2,1-2H3,(H2,23,24,25). The summed E-state index contributed by atoms with van der Waals surface area (Å²) in [6.45, 7) is 4.62. The number of nitrogens with one attached hydrogen (secondary N) is 2. The van der Waals surface area contributed by atoms with Crippen LogP contribution in [0.2, 0.25) is 0 Å². The number of hydrogen-bond acceptors (Lipinski definition) is 3. The van der Waals surface area contributed by atoms with Gasteiger partial charge in [-0.2, -0.15) is 0 Å². The lowest BCUT2D eigenvalue weighted by molar-refractivity contribution is 0.245. The van der Waals surface area contributed by atoms with E-state index in [1.54, 1.807) is 12.1 Å². The molecule has 0 aliphatic carbocycles. The van der Waals surface area contributed by atoms with E-state index in [0.29, 0.717) is 6.54 Å². The van der Waals surface area contributed by atoms with E-state index in [-0.39, 0.29) is 4.90 Å². The van der Waals surface area contributed by atoms with Gasteiger partial charge in [-0.3, -0.25) is 0 Å². The molecule has 0 unspecified atom stereocenters. The third-order valence-corrected chi connectivity index (χ3v) is 6.22. The summed E-state index contributed by atoms with van der Waals surface area (Å²) in [4.78, 5) is 11.9. The van der Waals surface area contributed by atoms with Crippen molar-refractivity contribution in [3.63, 3.8) is 0 Å². The zero-order valence-electron chi connectivity index (χ0n) is 17.6. The largest absolute Gasteiger partial charge is 0.337 e. The van der Waals surface area contributed by atoms with Gasteiger partial charge < -0.3 is 5.32 Å². The van der Waals surface area contributed by atoms with Crippen molar-refractivity contribution >= 4 is 16.1 Å². The predicted octanol–water partition coefficient (Wildman–Crippen LogP) is 5.68. The summed E-state index contributed by atoms with van der Waals surface area (Å²) in [5.74, 6) is 0. The molecule has 0 fully saturated rings. The van der Waals surface area contributed by atoms with Crippen molar-refractivity contribution in [2.24, 2.45) is 0 Å². The molecule has 1 aromatic carbocycles. The summed E-state index contributed by atoms with van der Waals surface area (Å²) in [6, 6.07) is 5.74. The van der Waals surface area contributed by atoms with Crippen molar-refractivity contribution in [2.45, 2.75) is 95.8 Å². The van der Waals surface area contributed by atoms with Gasteiger partial charge in [-0.15, -0.1) is 0 Å². The molecule has 0 saturated carbocycles. The molecule has 6 heteroatoms. The Hall–Kier alpha value is -1.56. The highest BCUT2D eigenvalue weighted by atomic mass is 32.2. The van der Waals surface area contributed by atoms with Crippen LogP contribution in [0.15, 0.2) is 29.2 Å². The molecule has 0 radical (unpaired) electrons. The molecule has 0 aliphatic rings. The molecular formula is C22H38N2O3S. The Morgan fingerprint density at radius 2 is 1.25 bits per heavy atom. The molecule has 0 aliphatic heterocycles. The number of unbranched alkanes of at least 4 members (excludes halogenated alkanes) is 11. The molecule has 0 heterocycles. The lowest BCUT2D eigenvalue weighted by Crippen LogP contribution is -2.39. The van der Waals surface area contributed by atoms with E-state index in [2.05, 4.69) is 17.0 Å². The minimum absolute atomic E-state index is 0.0959. The van der Waals surface area contributed by atoms with Crippen LogP contribution < -0.4 is 10.0 Å². The van der Waals surface area contributed by atoms with E-state index in [9.17, 15) is 13.2 Å². The minimum atomic E-state index is -3.81. The molecule has 1 rings (SSSR count). The van der Waals surface area contributed by atoms with Crippen molar-refractivity contribution in [1.82, 2.24) is 10.0 Å². The number of hydrogen-bond donors (Lipinski definition) is 2. The smallest absolute Gasteiger partial charge is 0.328 e. The van der Waals surface area contributed by atoms with E-state index in [1.165, 1.54) is 76.3 Å². The number of sulfonamides is 1. The first-order valence-electron chi connectivity index (χ1n) is 10.8. The minimum Gasteiger partial charge on any atom is -0.337 e. The third-order valence-electron chi connectivity index (χ3n) is 4.87. The maximum absolute atomic E-state index is 12.1. The number of amides is 2. The first kappa shape index (κ1) is 24.5. The zero-order valence-corrected chi connectivity index (χ0v) is 18.5. The molecule has 28 heavy (non-hydrogen) atoms. The van der Waals surface area contributed by atoms with Crippen LogP contribution >= 0.6 is 0 Å². The lowest BCUT2D eigenvalue weighted by Gasteiger charge is -2.09. The second kappa shape index (κ2) is 14.4. The number of carbonyl (C=O) groups excluding carboxylic acids is 1. The molecule has 2 N–H and O–H groups in total. The Bertz CT molecular complexity index is 642. The topological polar surface area (TPSA) is 75.3 Å². The summed E-state index contributed by atoms with van der Waals surface area (Å²) in [5, 5.41) is 2.63. The van der Waals surface area contributed by atoms with Crippen LogP contribution in [0.3, 0.4) is 0 Å². The van der Waals surface area contributed by atoms with Gasteiger partial charge in [0.1, 0.15) is 0 Å². The molecule has 1 aromatic rings. The zero-order chi connectivity index (χ0) is 20.7. The molecule has 160 valence electrons. The van der Waals surface area contributed by atoms with Crippen molar-refractivity contribution in [3.05, 3.63) is 29.8 Å². The van der Waals surface area contributed by atoms with Crippen LogP contribution in [0, 0.1) is 6.92 Å². The average molecular weight is 411 g/mol. The quantitative estimate of drug-likeness (QED) is 0.365. The van der Waals surface area contributed by atoms with E-state index in [0.717, 1.165) is 18.4 Å². The van der Waals surface area contributed by atoms with Crippen LogP contribution in [0.4, 0.5) is 4.79 Å². The Kier molecular flexibility index (Phi) is 12.6. The first-order chi connectivity index (χ1) is 13.5. The summed E-state index contributed by atoms with van der Waals surface area (Å²) in [7, 11) is -3.81. The Labute approximate surface area is 171 Å². The Morgan fingerprint density at radius 3 is 1.75 bits per heavy atom. The lowest BCUT2D eigenvalue weighted by atomic mass is 10.1. The predicted molar refractivity (Wildman–Crippen MR) is 116 cm³/mol. The SMILES string of the molecule is CCCCCCCCCCCCCCNC(=O)NS(=O)(=O)c1ccc(C)cc1.